The fraction of sp³-hybridized carbons (Fsp3) is 0.318. The molecule has 31 heavy (non-hydrogen) atoms. The molecule has 9 nitrogen and oxygen atoms in total. The van der Waals surface area contributed by atoms with Gasteiger partial charge in [-0.1, -0.05) is 13.3 Å². The smallest absolute Gasteiger partial charge is 0.338 e. The number of benzene rings is 2. The molecule has 2 aromatic carbocycles. The highest BCUT2D eigenvalue weighted by atomic mass is 16.5. The lowest BCUT2D eigenvalue weighted by atomic mass is 10.2. The molecule has 1 heterocycles. The van der Waals surface area contributed by atoms with E-state index in [0.717, 1.165) is 12.8 Å². The Kier molecular flexibility index (Phi) is 7.31. The van der Waals surface area contributed by atoms with E-state index >= 15 is 0 Å². The molecule has 3 rings (SSSR count). The van der Waals surface area contributed by atoms with Gasteiger partial charge in [0.25, 0.3) is 5.91 Å². The number of amides is 1. The molecular formula is C22H25N3O6. The quantitative estimate of drug-likeness (QED) is 0.337. The number of carbonyl (C=O) groups excluding carboxylic acids is 2. The number of unbranched alkanes of at least 4 members (excludes halogenated alkanes) is 1. The Bertz CT molecular complexity index is 1120. The summed E-state index contributed by atoms with van der Waals surface area (Å²) in [6.07, 6.45) is 1.92. The molecule has 0 aliphatic rings. The fourth-order valence-corrected chi connectivity index (χ4v) is 2.87. The predicted molar refractivity (Wildman–Crippen MR) is 116 cm³/mol. The number of esters is 1. The van der Waals surface area contributed by atoms with Crippen molar-refractivity contribution in [1.82, 2.24) is 9.97 Å². The maximum Gasteiger partial charge on any atom is 0.338 e. The van der Waals surface area contributed by atoms with E-state index in [0.29, 0.717) is 41.4 Å². The topological polar surface area (TPSA) is 123 Å². The second-order valence-corrected chi connectivity index (χ2v) is 6.76. The van der Waals surface area contributed by atoms with Crippen LogP contribution >= 0.6 is 0 Å². The summed E-state index contributed by atoms with van der Waals surface area (Å²) >= 11 is 0. The summed E-state index contributed by atoms with van der Waals surface area (Å²) in [5.41, 5.74) is 1.58. The van der Waals surface area contributed by atoms with Gasteiger partial charge in [-0.2, -0.15) is 0 Å². The van der Waals surface area contributed by atoms with Gasteiger partial charge in [-0.3, -0.25) is 4.79 Å². The lowest BCUT2D eigenvalue weighted by molar-refractivity contribution is -0.119. The molecule has 9 heteroatoms. The van der Waals surface area contributed by atoms with Crippen LogP contribution in [0.5, 0.6) is 11.5 Å². The minimum absolute atomic E-state index is 0.255. The summed E-state index contributed by atoms with van der Waals surface area (Å²) in [4.78, 5) is 41.1. The van der Waals surface area contributed by atoms with Gasteiger partial charge >= 0.3 is 11.7 Å². The van der Waals surface area contributed by atoms with E-state index in [9.17, 15) is 14.4 Å². The zero-order valence-electron chi connectivity index (χ0n) is 17.4. The highest BCUT2D eigenvalue weighted by Gasteiger charge is 2.15. The van der Waals surface area contributed by atoms with Crippen molar-refractivity contribution in [1.29, 1.82) is 0 Å². The number of hydrogen-bond donors (Lipinski definition) is 3. The van der Waals surface area contributed by atoms with Gasteiger partial charge in [-0.25, -0.2) is 9.59 Å². The number of anilines is 1. The number of ether oxygens (including phenoxy) is 3. The minimum atomic E-state index is -0.651. The second kappa shape index (κ2) is 10.3. The molecule has 0 aliphatic heterocycles. The average molecular weight is 427 g/mol. The maximum absolute atomic E-state index is 12.4. The van der Waals surface area contributed by atoms with E-state index < -0.39 is 18.5 Å². The van der Waals surface area contributed by atoms with E-state index in [1.807, 2.05) is 6.92 Å². The molecule has 0 saturated carbocycles. The Labute approximate surface area is 178 Å². The molecule has 0 saturated heterocycles. The number of H-pyrrole nitrogens is 2. The summed E-state index contributed by atoms with van der Waals surface area (Å²) in [5, 5.41) is 2.62. The highest BCUT2D eigenvalue weighted by molar-refractivity contribution is 5.96. The van der Waals surface area contributed by atoms with Crippen LogP contribution < -0.4 is 20.5 Å². The molecule has 0 aliphatic carbocycles. The first-order valence-electron chi connectivity index (χ1n) is 10.1. The van der Waals surface area contributed by atoms with Gasteiger partial charge in [0.2, 0.25) is 0 Å². The first kappa shape index (κ1) is 21.9. The maximum atomic E-state index is 12.4. The Morgan fingerprint density at radius 1 is 0.968 bits per heavy atom. The molecule has 1 aromatic heterocycles. The lowest BCUT2D eigenvalue weighted by Gasteiger charge is -2.13. The van der Waals surface area contributed by atoms with Crippen LogP contribution in [0.2, 0.25) is 0 Å². The van der Waals surface area contributed by atoms with E-state index in [1.165, 1.54) is 0 Å². The predicted octanol–water partition coefficient (Wildman–Crippen LogP) is 3.23. The van der Waals surface area contributed by atoms with E-state index in [-0.39, 0.29) is 11.3 Å². The number of fused-ring (bicyclic) bond motifs is 1. The van der Waals surface area contributed by atoms with Gasteiger partial charge in [0.1, 0.15) is 0 Å². The van der Waals surface area contributed by atoms with Crippen molar-refractivity contribution in [2.24, 2.45) is 0 Å². The molecule has 0 bridgehead atoms. The SMILES string of the molecule is CCCCOc1ccc(C(=O)OCC(=O)Nc2ccc3[nH]c(=O)[nH]c3c2)cc1OCC. The zero-order chi connectivity index (χ0) is 22.2. The van der Waals surface area contributed by atoms with Crippen molar-refractivity contribution in [2.75, 3.05) is 25.1 Å². The number of rotatable bonds is 10. The Morgan fingerprint density at radius 3 is 2.55 bits per heavy atom. The summed E-state index contributed by atoms with van der Waals surface area (Å²) in [6.45, 7) is 4.43. The van der Waals surface area contributed by atoms with Crippen LogP contribution in [0.3, 0.4) is 0 Å². The molecule has 0 radical (unpaired) electrons. The van der Waals surface area contributed by atoms with Crippen molar-refractivity contribution in [3.05, 3.63) is 52.4 Å². The van der Waals surface area contributed by atoms with E-state index in [2.05, 4.69) is 22.2 Å². The van der Waals surface area contributed by atoms with Crippen molar-refractivity contribution in [3.63, 3.8) is 0 Å². The van der Waals surface area contributed by atoms with Crippen LogP contribution in [0.1, 0.15) is 37.0 Å². The molecule has 0 spiro atoms. The minimum Gasteiger partial charge on any atom is -0.490 e. The third kappa shape index (κ3) is 5.88. The number of aromatic nitrogens is 2. The van der Waals surface area contributed by atoms with Gasteiger partial charge in [-0.15, -0.1) is 0 Å². The normalized spacial score (nSPS) is 10.6. The monoisotopic (exact) mass is 427 g/mol. The van der Waals surface area contributed by atoms with E-state index in [4.69, 9.17) is 14.2 Å². The van der Waals surface area contributed by atoms with Crippen molar-refractivity contribution in [3.8, 4) is 11.5 Å². The number of nitrogens with one attached hydrogen (secondary N) is 3. The number of carbonyl (C=O) groups is 2. The zero-order valence-corrected chi connectivity index (χ0v) is 17.4. The first-order chi connectivity index (χ1) is 15.0. The van der Waals surface area contributed by atoms with Crippen LogP contribution in [-0.2, 0) is 9.53 Å². The molecule has 164 valence electrons. The van der Waals surface area contributed by atoms with Crippen LogP contribution in [0.15, 0.2) is 41.2 Å². The lowest BCUT2D eigenvalue weighted by Crippen LogP contribution is -2.21. The van der Waals surface area contributed by atoms with Crippen molar-refractivity contribution < 1.29 is 23.8 Å². The summed E-state index contributed by atoms with van der Waals surface area (Å²) < 4.78 is 16.4. The van der Waals surface area contributed by atoms with Gasteiger partial charge in [-0.05, 0) is 49.7 Å². The number of hydrogen-bond acceptors (Lipinski definition) is 6. The Morgan fingerprint density at radius 2 is 1.77 bits per heavy atom. The molecule has 0 unspecified atom stereocenters. The Hall–Kier alpha value is -3.75. The molecule has 3 N–H and O–H groups in total. The third-order valence-electron chi connectivity index (χ3n) is 4.37. The van der Waals surface area contributed by atoms with Gasteiger partial charge in [0.05, 0.1) is 29.8 Å². The van der Waals surface area contributed by atoms with E-state index in [1.54, 1.807) is 36.4 Å². The summed E-state index contributed by atoms with van der Waals surface area (Å²) in [7, 11) is 0. The van der Waals surface area contributed by atoms with Crippen LogP contribution in [0.25, 0.3) is 11.0 Å². The molecular weight excluding hydrogens is 402 g/mol. The van der Waals surface area contributed by atoms with Gasteiger partial charge < -0.3 is 29.5 Å². The fourth-order valence-electron chi connectivity index (χ4n) is 2.87. The number of aromatic amines is 2. The third-order valence-corrected chi connectivity index (χ3v) is 4.37. The second-order valence-electron chi connectivity index (χ2n) is 6.76. The Balaban J connectivity index is 1.58. The summed E-state index contributed by atoms with van der Waals surface area (Å²) in [6, 6.07) is 9.68. The molecule has 0 fully saturated rings. The van der Waals surface area contributed by atoms with Crippen LogP contribution in [0.4, 0.5) is 5.69 Å². The number of imidazole rings is 1. The first-order valence-corrected chi connectivity index (χ1v) is 10.1. The molecule has 1 amide bonds. The van der Waals surface area contributed by atoms with Crippen LogP contribution in [0, 0.1) is 0 Å². The molecule has 3 aromatic rings. The van der Waals surface area contributed by atoms with Gasteiger partial charge in [0.15, 0.2) is 18.1 Å². The molecule has 0 atom stereocenters. The average Bonchev–Trinajstić information content (AvgIpc) is 3.12. The highest BCUT2D eigenvalue weighted by Crippen LogP contribution is 2.29. The van der Waals surface area contributed by atoms with Crippen molar-refractivity contribution in [2.45, 2.75) is 26.7 Å². The van der Waals surface area contributed by atoms with Crippen LogP contribution in [-0.4, -0.2) is 41.7 Å². The largest absolute Gasteiger partial charge is 0.490 e. The summed E-state index contributed by atoms with van der Waals surface area (Å²) in [5.74, 6) is -0.147. The standard InChI is InChI=1S/C22H25N3O6/c1-3-5-10-30-18-9-6-14(11-19(18)29-4-2)21(27)31-13-20(26)23-15-7-8-16-17(12-15)25-22(28)24-16/h6-9,11-12H,3-5,10,13H2,1-2H3,(H,23,26)(H2,24,25,28). The van der Waals surface area contributed by atoms with Crippen molar-refractivity contribution >= 4 is 28.6 Å². The van der Waals surface area contributed by atoms with Gasteiger partial charge in [0, 0.05) is 5.69 Å².